The van der Waals surface area contributed by atoms with Crippen LogP contribution < -0.4 is 0 Å². The standard InChI is InChI=1S/C12H20N2S/c1-11-7-13-14(8-11)9-12(10-15)5-3-2-4-6-12/h7-8,15H,2-6,9-10H2,1H3. The van der Waals surface area contributed by atoms with Gasteiger partial charge in [0.05, 0.1) is 6.20 Å². The van der Waals surface area contributed by atoms with Crippen molar-refractivity contribution in [2.45, 2.75) is 45.6 Å². The monoisotopic (exact) mass is 224 g/mol. The fraction of sp³-hybridized carbons (Fsp3) is 0.750. The van der Waals surface area contributed by atoms with E-state index in [2.05, 4.69) is 35.5 Å². The summed E-state index contributed by atoms with van der Waals surface area (Å²) in [6.07, 6.45) is 10.8. The predicted molar refractivity (Wildman–Crippen MR) is 66.3 cm³/mol. The largest absolute Gasteiger partial charge is 0.272 e. The Balaban J connectivity index is 2.06. The molecule has 0 amide bonds. The maximum atomic E-state index is 4.55. The summed E-state index contributed by atoms with van der Waals surface area (Å²) in [4.78, 5) is 0. The highest BCUT2D eigenvalue weighted by Crippen LogP contribution is 2.38. The number of nitrogens with zero attached hydrogens (tertiary/aromatic N) is 2. The second-order valence-electron chi connectivity index (χ2n) is 4.93. The maximum absolute atomic E-state index is 4.55. The first-order chi connectivity index (χ1) is 7.24. The summed E-state index contributed by atoms with van der Waals surface area (Å²) in [5.74, 6) is 0.992. The highest BCUT2D eigenvalue weighted by atomic mass is 32.1. The zero-order chi connectivity index (χ0) is 10.7. The molecule has 84 valence electrons. The third-order valence-corrected chi connectivity index (χ3v) is 4.18. The highest BCUT2D eigenvalue weighted by molar-refractivity contribution is 7.80. The average molecular weight is 224 g/mol. The summed E-state index contributed by atoms with van der Waals surface area (Å²) in [5, 5.41) is 4.39. The molecule has 1 heterocycles. The van der Waals surface area contributed by atoms with Crippen LogP contribution >= 0.6 is 12.6 Å². The molecule has 1 aromatic heterocycles. The van der Waals surface area contributed by atoms with Gasteiger partial charge in [0.1, 0.15) is 0 Å². The van der Waals surface area contributed by atoms with Crippen LogP contribution in [0.15, 0.2) is 12.4 Å². The molecule has 1 saturated carbocycles. The lowest BCUT2D eigenvalue weighted by molar-refractivity contribution is 0.182. The Morgan fingerprint density at radius 3 is 2.67 bits per heavy atom. The van der Waals surface area contributed by atoms with E-state index >= 15 is 0 Å². The molecule has 0 atom stereocenters. The summed E-state index contributed by atoms with van der Waals surface area (Å²) in [5.41, 5.74) is 1.65. The molecule has 15 heavy (non-hydrogen) atoms. The molecule has 0 bridgehead atoms. The van der Waals surface area contributed by atoms with E-state index in [0.717, 1.165) is 12.3 Å². The van der Waals surface area contributed by atoms with Crippen LogP contribution in [0.4, 0.5) is 0 Å². The van der Waals surface area contributed by atoms with Gasteiger partial charge in [-0.25, -0.2) is 0 Å². The molecule has 1 aliphatic carbocycles. The third kappa shape index (κ3) is 2.57. The Bertz CT molecular complexity index is 313. The van der Waals surface area contributed by atoms with Crippen molar-refractivity contribution in [3.8, 4) is 0 Å². The van der Waals surface area contributed by atoms with Gasteiger partial charge in [0.15, 0.2) is 0 Å². The van der Waals surface area contributed by atoms with Gasteiger partial charge in [-0.1, -0.05) is 19.3 Å². The van der Waals surface area contributed by atoms with Gasteiger partial charge in [0.25, 0.3) is 0 Å². The molecule has 0 aromatic carbocycles. The summed E-state index contributed by atoms with van der Waals surface area (Å²) < 4.78 is 2.09. The molecule has 2 nitrogen and oxygen atoms in total. The predicted octanol–water partition coefficient (Wildman–Crippen LogP) is 3.07. The van der Waals surface area contributed by atoms with E-state index in [1.54, 1.807) is 0 Å². The van der Waals surface area contributed by atoms with Crippen LogP contribution in [0.3, 0.4) is 0 Å². The maximum Gasteiger partial charge on any atom is 0.0518 e. The van der Waals surface area contributed by atoms with Crippen molar-refractivity contribution in [1.82, 2.24) is 9.78 Å². The van der Waals surface area contributed by atoms with Gasteiger partial charge in [-0.15, -0.1) is 0 Å². The number of thiol groups is 1. The Hall–Kier alpha value is -0.440. The molecule has 1 aromatic rings. The fourth-order valence-electron chi connectivity index (χ4n) is 2.57. The zero-order valence-electron chi connectivity index (χ0n) is 9.45. The molecule has 0 unspecified atom stereocenters. The second kappa shape index (κ2) is 4.60. The quantitative estimate of drug-likeness (QED) is 0.781. The fourth-order valence-corrected chi connectivity index (χ4v) is 2.98. The van der Waals surface area contributed by atoms with E-state index in [-0.39, 0.29) is 0 Å². The van der Waals surface area contributed by atoms with E-state index in [1.165, 1.54) is 37.7 Å². The van der Waals surface area contributed by atoms with Crippen LogP contribution in [-0.4, -0.2) is 15.5 Å². The average Bonchev–Trinajstić information content (AvgIpc) is 2.65. The number of hydrogen-bond acceptors (Lipinski definition) is 2. The van der Waals surface area contributed by atoms with Crippen LogP contribution in [-0.2, 0) is 6.54 Å². The Morgan fingerprint density at radius 1 is 1.40 bits per heavy atom. The lowest BCUT2D eigenvalue weighted by atomic mass is 9.75. The third-order valence-electron chi connectivity index (χ3n) is 3.51. The van der Waals surface area contributed by atoms with Gasteiger partial charge in [-0.05, 0) is 36.5 Å². The molecular formula is C12H20N2S. The molecule has 3 heteroatoms. The minimum absolute atomic E-state index is 0.403. The number of aryl methyl sites for hydroxylation is 1. The minimum Gasteiger partial charge on any atom is -0.272 e. The summed E-state index contributed by atoms with van der Waals surface area (Å²) in [6.45, 7) is 3.14. The first-order valence-electron chi connectivity index (χ1n) is 5.84. The normalized spacial score (nSPS) is 20.4. The van der Waals surface area contributed by atoms with Gasteiger partial charge in [0.2, 0.25) is 0 Å². The zero-order valence-corrected chi connectivity index (χ0v) is 10.3. The van der Waals surface area contributed by atoms with Crippen molar-refractivity contribution in [3.05, 3.63) is 18.0 Å². The van der Waals surface area contributed by atoms with E-state index in [1.807, 2.05) is 6.20 Å². The minimum atomic E-state index is 0.403. The van der Waals surface area contributed by atoms with Gasteiger partial charge < -0.3 is 0 Å². The summed E-state index contributed by atoms with van der Waals surface area (Å²) in [7, 11) is 0. The molecule has 2 rings (SSSR count). The lowest BCUT2D eigenvalue weighted by Crippen LogP contribution is -2.31. The number of rotatable bonds is 3. The Labute approximate surface area is 97.5 Å². The van der Waals surface area contributed by atoms with Crippen molar-refractivity contribution in [1.29, 1.82) is 0 Å². The first-order valence-corrected chi connectivity index (χ1v) is 6.47. The second-order valence-corrected chi connectivity index (χ2v) is 5.25. The molecular weight excluding hydrogens is 204 g/mol. The molecule has 0 saturated heterocycles. The summed E-state index contributed by atoms with van der Waals surface area (Å²) in [6, 6.07) is 0. The van der Waals surface area contributed by atoms with Crippen LogP contribution in [0.25, 0.3) is 0 Å². The van der Waals surface area contributed by atoms with Gasteiger partial charge in [0, 0.05) is 12.7 Å². The van der Waals surface area contributed by atoms with Crippen LogP contribution in [0.5, 0.6) is 0 Å². The SMILES string of the molecule is Cc1cnn(CC2(CS)CCCCC2)c1. The number of hydrogen-bond donors (Lipinski definition) is 1. The summed E-state index contributed by atoms with van der Waals surface area (Å²) >= 11 is 4.55. The van der Waals surface area contributed by atoms with E-state index in [0.29, 0.717) is 5.41 Å². The van der Waals surface area contributed by atoms with E-state index in [9.17, 15) is 0 Å². The Kier molecular flexibility index (Phi) is 3.39. The molecule has 0 radical (unpaired) electrons. The molecule has 0 spiro atoms. The Morgan fingerprint density at radius 2 is 2.13 bits per heavy atom. The van der Waals surface area contributed by atoms with Gasteiger partial charge in [-0.2, -0.15) is 17.7 Å². The van der Waals surface area contributed by atoms with Crippen LogP contribution in [0.1, 0.15) is 37.7 Å². The van der Waals surface area contributed by atoms with Gasteiger partial charge >= 0.3 is 0 Å². The molecule has 0 N–H and O–H groups in total. The van der Waals surface area contributed by atoms with E-state index in [4.69, 9.17) is 0 Å². The highest BCUT2D eigenvalue weighted by Gasteiger charge is 2.31. The number of aromatic nitrogens is 2. The topological polar surface area (TPSA) is 17.8 Å². The van der Waals surface area contributed by atoms with Crippen LogP contribution in [0, 0.1) is 12.3 Å². The van der Waals surface area contributed by atoms with E-state index < -0.39 is 0 Å². The first kappa shape index (κ1) is 11.1. The van der Waals surface area contributed by atoms with Crippen molar-refractivity contribution in [2.24, 2.45) is 5.41 Å². The van der Waals surface area contributed by atoms with Crippen molar-refractivity contribution in [2.75, 3.05) is 5.75 Å². The van der Waals surface area contributed by atoms with Crippen molar-refractivity contribution < 1.29 is 0 Å². The lowest BCUT2D eigenvalue weighted by Gasteiger charge is -2.35. The van der Waals surface area contributed by atoms with Gasteiger partial charge in [-0.3, -0.25) is 4.68 Å². The smallest absolute Gasteiger partial charge is 0.0518 e. The van der Waals surface area contributed by atoms with Crippen molar-refractivity contribution >= 4 is 12.6 Å². The molecule has 1 fully saturated rings. The molecule has 0 aliphatic heterocycles. The van der Waals surface area contributed by atoms with Crippen LogP contribution in [0.2, 0.25) is 0 Å². The van der Waals surface area contributed by atoms with Crippen molar-refractivity contribution in [3.63, 3.8) is 0 Å². The molecule has 1 aliphatic rings.